The molecule has 0 aromatic carbocycles. The molecule has 0 saturated heterocycles. The Bertz CT molecular complexity index is 177. The van der Waals surface area contributed by atoms with E-state index < -0.39 is 15.2 Å². The molecule has 6 nitrogen and oxygen atoms in total. The predicted molar refractivity (Wildman–Crippen MR) is 34.2 cm³/mol. The average molecular weight is 170 g/mol. The van der Waals surface area contributed by atoms with Gasteiger partial charge in [-0.3, -0.25) is 0 Å². The summed E-state index contributed by atoms with van der Waals surface area (Å²) < 4.78 is 20.4. The summed E-state index contributed by atoms with van der Waals surface area (Å²) in [6, 6.07) is 0. The number of rotatable bonds is 4. The molecule has 0 saturated carbocycles. The molecule has 0 spiro atoms. The van der Waals surface area contributed by atoms with Gasteiger partial charge in [-0.05, 0) is 0 Å². The van der Waals surface area contributed by atoms with E-state index in [1.54, 1.807) is 0 Å². The van der Waals surface area contributed by atoms with Crippen molar-refractivity contribution in [2.45, 2.75) is 0 Å². The molecule has 0 fully saturated rings. The van der Waals surface area contributed by atoms with Gasteiger partial charge in [0.1, 0.15) is 12.3 Å². The zero-order valence-corrected chi connectivity index (χ0v) is 6.35. The summed E-state index contributed by atoms with van der Waals surface area (Å²) in [7, 11) is -2.34. The van der Waals surface area contributed by atoms with Gasteiger partial charge in [0.2, 0.25) is 10.0 Å². The van der Waals surface area contributed by atoms with Crippen LogP contribution in [0.1, 0.15) is 0 Å². The second kappa shape index (κ2) is 3.84. The van der Waals surface area contributed by atoms with E-state index in [0.717, 1.165) is 0 Å². The Morgan fingerprint density at radius 1 is 1.70 bits per heavy atom. The molecule has 0 aromatic rings. The number of hydrogen-bond acceptors (Lipinski definition) is 4. The van der Waals surface area contributed by atoms with E-state index in [2.05, 4.69) is 9.98 Å². The van der Waals surface area contributed by atoms with E-state index in [0.29, 0.717) is 0 Å². The van der Waals surface area contributed by atoms with E-state index in [-0.39, 0.29) is 12.3 Å². The van der Waals surface area contributed by atoms with E-state index in [4.69, 9.17) is 0 Å². The SMILES string of the molecule is CO[NH+]([O-])CCS(N)(=O)=O. The highest BCUT2D eigenvalue weighted by Gasteiger charge is 2.05. The standard InChI is InChI=1S/C3H10N2O4S/c1-9-5(6)2-3-10(4,7)8/h5H,2-3H2,1H3,(H2,4,7,8). The van der Waals surface area contributed by atoms with E-state index in [9.17, 15) is 13.6 Å². The second-order valence-corrected chi connectivity index (χ2v) is 3.43. The number of sulfonamides is 1. The summed E-state index contributed by atoms with van der Waals surface area (Å²) >= 11 is 0. The van der Waals surface area contributed by atoms with E-state index in [1.807, 2.05) is 0 Å². The number of hydroxylamine groups is 2. The van der Waals surface area contributed by atoms with Crippen molar-refractivity contribution in [3.63, 3.8) is 0 Å². The number of hydrogen-bond donors (Lipinski definition) is 2. The van der Waals surface area contributed by atoms with Crippen LogP contribution in [-0.4, -0.2) is 27.8 Å². The fraction of sp³-hybridized carbons (Fsp3) is 1.00. The van der Waals surface area contributed by atoms with Gasteiger partial charge in [0, 0.05) is 0 Å². The molecule has 3 N–H and O–H groups in total. The minimum Gasteiger partial charge on any atom is -0.600 e. The molecule has 0 aliphatic heterocycles. The van der Waals surface area contributed by atoms with Gasteiger partial charge in [-0.25, -0.2) is 23.6 Å². The third kappa shape index (κ3) is 5.92. The fourth-order valence-electron chi connectivity index (χ4n) is 0.328. The van der Waals surface area contributed by atoms with Crippen LogP contribution in [0.25, 0.3) is 0 Å². The minimum atomic E-state index is -3.53. The summed E-state index contributed by atoms with van der Waals surface area (Å²) in [5.41, 5.74) is 0. The van der Waals surface area contributed by atoms with Crippen molar-refractivity contribution in [2.24, 2.45) is 5.14 Å². The van der Waals surface area contributed by atoms with Crippen molar-refractivity contribution in [2.75, 3.05) is 19.4 Å². The van der Waals surface area contributed by atoms with Gasteiger partial charge < -0.3 is 5.21 Å². The first-order valence-corrected chi connectivity index (χ1v) is 4.24. The van der Waals surface area contributed by atoms with Crippen LogP contribution >= 0.6 is 0 Å². The van der Waals surface area contributed by atoms with Crippen LogP contribution in [0.15, 0.2) is 0 Å². The average Bonchev–Trinajstić information content (AvgIpc) is 1.81. The Hall–Kier alpha value is -0.210. The summed E-state index contributed by atoms with van der Waals surface area (Å²) in [6.07, 6.45) is 0. The normalized spacial score (nSPS) is 15.1. The van der Waals surface area contributed by atoms with Gasteiger partial charge in [-0.1, -0.05) is 0 Å². The molecule has 7 heteroatoms. The van der Waals surface area contributed by atoms with Crippen molar-refractivity contribution in [1.82, 2.24) is 0 Å². The quantitative estimate of drug-likeness (QED) is 0.446. The largest absolute Gasteiger partial charge is 0.600 e. The smallest absolute Gasteiger partial charge is 0.214 e. The summed E-state index contributed by atoms with van der Waals surface area (Å²) in [5, 5.41) is 14.3. The van der Waals surface area contributed by atoms with Gasteiger partial charge in [0.15, 0.2) is 0 Å². The summed E-state index contributed by atoms with van der Waals surface area (Å²) in [5.74, 6) is -0.361. The lowest BCUT2D eigenvalue weighted by Gasteiger charge is -2.15. The molecule has 62 valence electrons. The number of primary sulfonamides is 1. The maximum Gasteiger partial charge on any atom is 0.214 e. The van der Waals surface area contributed by atoms with Gasteiger partial charge in [0.25, 0.3) is 0 Å². The minimum absolute atomic E-state index is 0.185. The molecule has 0 aliphatic carbocycles. The van der Waals surface area contributed by atoms with Crippen LogP contribution in [0, 0.1) is 5.21 Å². The topological polar surface area (TPSA) is 96.9 Å². The third-order valence-corrected chi connectivity index (χ3v) is 1.59. The predicted octanol–water partition coefficient (Wildman–Crippen LogP) is -2.78. The molecular weight excluding hydrogens is 160 g/mol. The Kier molecular flexibility index (Phi) is 3.76. The van der Waals surface area contributed by atoms with Crippen LogP contribution in [-0.2, 0) is 14.9 Å². The fourth-order valence-corrected chi connectivity index (χ4v) is 0.779. The Morgan fingerprint density at radius 3 is 2.50 bits per heavy atom. The second-order valence-electron chi connectivity index (χ2n) is 1.69. The maximum absolute atomic E-state index is 10.3. The highest BCUT2D eigenvalue weighted by atomic mass is 32.2. The molecule has 0 amide bonds. The third-order valence-electron chi connectivity index (χ3n) is 0.818. The van der Waals surface area contributed by atoms with Crippen molar-refractivity contribution in [3.05, 3.63) is 5.21 Å². The number of quaternary nitrogens is 1. The van der Waals surface area contributed by atoms with Crippen LogP contribution in [0.5, 0.6) is 0 Å². The molecule has 0 rings (SSSR count). The molecule has 0 aromatic heterocycles. The van der Waals surface area contributed by atoms with Crippen molar-refractivity contribution < 1.29 is 18.5 Å². The zero-order valence-electron chi connectivity index (χ0n) is 5.53. The van der Waals surface area contributed by atoms with Crippen molar-refractivity contribution in [1.29, 1.82) is 0 Å². The molecule has 0 bridgehead atoms. The summed E-state index contributed by atoms with van der Waals surface area (Å²) in [6.45, 7) is -0.185. The van der Waals surface area contributed by atoms with Crippen LogP contribution < -0.4 is 10.4 Å². The Morgan fingerprint density at radius 2 is 2.20 bits per heavy atom. The van der Waals surface area contributed by atoms with Crippen LogP contribution in [0.2, 0.25) is 0 Å². The van der Waals surface area contributed by atoms with Crippen LogP contribution in [0.4, 0.5) is 0 Å². The Labute approximate surface area is 59.1 Å². The molecule has 0 radical (unpaired) electrons. The first-order valence-electron chi connectivity index (χ1n) is 2.53. The van der Waals surface area contributed by atoms with Crippen LogP contribution in [0.3, 0.4) is 0 Å². The van der Waals surface area contributed by atoms with Crippen molar-refractivity contribution in [3.8, 4) is 0 Å². The van der Waals surface area contributed by atoms with Gasteiger partial charge in [0.05, 0.1) is 7.11 Å². The van der Waals surface area contributed by atoms with Gasteiger partial charge >= 0.3 is 0 Å². The van der Waals surface area contributed by atoms with Crippen molar-refractivity contribution >= 4 is 10.0 Å². The van der Waals surface area contributed by atoms with Gasteiger partial charge in [-0.2, -0.15) is 0 Å². The zero-order chi connectivity index (χ0) is 8.20. The lowest BCUT2D eigenvalue weighted by atomic mass is 10.8. The molecule has 0 aliphatic rings. The molecule has 0 heterocycles. The summed E-state index contributed by atoms with van der Waals surface area (Å²) in [4.78, 5) is 4.19. The first-order chi connectivity index (χ1) is 4.45. The maximum atomic E-state index is 10.3. The monoisotopic (exact) mass is 170 g/mol. The highest BCUT2D eigenvalue weighted by Crippen LogP contribution is 1.70. The van der Waals surface area contributed by atoms with Gasteiger partial charge in [-0.15, -0.1) is 0 Å². The van der Waals surface area contributed by atoms with E-state index in [1.165, 1.54) is 7.11 Å². The number of nitrogens with two attached hydrogens (primary N) is 1. The molecule has 1 unspecified atom stereocenters. The molecule has 1 atom stereocenters. The van der Waals surface area contributed by atoms with E-state index >= 15 is 0 Å². The molecular formula is C3H10N2O4S. The lowest BCUT2D eigenvalue weighted by Crippen LogP contribution is -3.06. The first kappa shape index (κ1) is 9.79. The Balaban J connectivity index is 3.56. The molecule has 10 heavy (non-hydrogen) atoms. The number of nitrogens with one attached hydrogen (secondary N) is 1. The highest BCUT2D eigenvalue weighted by molar-refractivity contribution is 7.89. The lowest BCUT2D eigenvalue weighted by molar-refractivity contribution is -1.05.